The first-order valence-electron chi connectivity index (χ1n) is 4.73. The SMILES string of the molecule is CN(CCNS(N)(=O)=O)C(=O)OC(C)(C)C. The van der Waals surface area contributed by atoms with Crippen LogP contribution in [0.25, 0.3) is 0 Å². The number of hydrogen-bond acceptors (Lipinski definition) is 4. The Bertz CT molecular complexity index is 334. The van der Waals surface area contributed by atoms with E-state index in [1.54, 1.807) is 20.8 Å². The van der Waals surface area contributed by atoms with Crippen molar-refractivity contribution in [2.75, 3.05) is 20.1 Å². The molecular formula is C8H19N3O4S. The minimum absolute atomic E-state index is 0.0502. The number of carbonyl (C=O) groups is 1. The number of amides is 1. The molecule has 0 aromatic rings. The number of ether oxygens (including phenoxy) is 1. The van der Waals surface area contributed by atoms with Gasteiger partial charge in [0.2, 0.25) is 0 Å². The molecular weight excluding hydrogens is 234 g/mol. The van der Waals surface area contributed by atoms with E-state index >= 15 is 0 Å². The van der Waals surface area contributed by atoms with Crippen LogP contribution < -0.4 is 9.86 Å². The zero-order chi connectivity index (χ0) is 13.0. The van der Waals surface area contributed by atoms with Crippen LogP contribution in [0.15, 0.2) is 0 Å². The predicted octanol–water partition coefficient (Wildman–Crippen LogP) is -0.354. The van der Waals surface area contributed by atoms with Gasteiger partial charge >= 0.3 is 6.09 Å². The summed E-state index contributed by atoms with van der Waals surface area (Å²) in [6, 6.07) is 0. The van der Waals surface area contributed by atoms with Crippen molar-refractivity contribution >= 4 is 16.3 Å². The molecule has 3 N–H and O–H groups in total. The summed E-state index contributed by atoms with van der Waals surface area (Å²) in [5, 5.41) is 4.73. The van der Waals surface area contributed by atoms with Gasteiger partial charge in [0.1, 0.15) is 5.60 Å². The van der Waals surface area contributed by atoms with Gasteiger partial charge in [0, 0.05) is 20.1 Å². The molecule has 0 heterocycles. The van der Waals surface area contributed by atoms with Gasteiger partial charge < -0.3 is 9.64 Å². The second-order valence-electron chi connectivity index (χ2n) is 4.34. The Balaban J connectivity index is 3.99. The number of hydrogen-bond donors (Lipinski definition) is 2. The maximum absolute atomic E-state index is 11.4. The largest absolute Gasteiger partial charge is 0.444 e. The van der Waals surface area contributed by atoms with Crippen LogP contribution in [0.1, 0.15) is 20.8 Å². The van der Waals surface area contributed by atoms with Crippen LogP contribution in [0.2, 0.25) is 0 Å². The van der Waals surface area contributed by atoms with Crippen molar-refractivity contribution in [3.05, 3.63) is 0 Å². The zero-order valence-electron chi connectivity index (χ0n) is 9.98. The van der Waals surface area contributed by atoms with Crippen molar-refractivity contribution in [1.82, 2.24) is 9.62 Å². The van der Waals surface area contributed by atoms with Crippen molar-refractivity contribution in [2.24, 2.45) is 5.14 Å². The van der Waals surface area contributed by atoms with Crippen LogP contribution >= 0.6 is 0 Å². The molecule has 0 fully saturated rings. The fraction of sp³-hybridized carbons (Fsp3) is 0.875. The lowest BCUT2D eigenvalue weighted by Gasteiger charge is -2.24. The summed E-state index contributed by atoms with van der Waals surface area (Å²) in [5.74, 6) is 0. The maximum atomic E-state index is 11.4. The number of nitrogens with zero attached hydrogens (tertiary/aromatic N) is 1. The highest BCUT2D eigenvalue weighted by molar-refractivity contribution is 7.87. The van der Waals surface area contributed by atoms with E-state index in [1.807, 2.05) is 0 Å². The lowest BCUT2D eigenvalue weighted by molar-refractivity contribution is 0.0302. The molecule has 7 nitrogen and oxygen atoms in total. The summed E-state index contributed by atoms with van der Waals surface area (Å²) in [6.07, 6.45) is -0.510. The number of nitrogens with one attached hydrogen (secondary N) is 1. The normalized spacial score (nSPS) is 12.3. The first-order chi connectivity index (χ1) is 7.01. The van der Waals surface area contributed by atoms with Gasteiger partial charge in [0.05, 0.1) is 0 Å². The highest BCUT2D eigenvalue weighted by atomic mass is 32.2. The van der Waals surface area contributed by atoms with Gasteiger partial charge in [0.25, 0.3) is 10.2 Å². The standard InChI is InChI=1S/C8H19N3O4S/c1-8(2,3)15-7(12)11(4)6-5-10-16(9,13)14/h10H,5-6H2,1-4H3,(H2,9,13,14). The summed E-state index contributed by atoms with van der Waals surface area (Å²) in [5.41, 5.74) is -0.571. The Kier molecular flexibility index (Phi) is 5.17. The van der Waals surface area contributed by atoms with Crippen LogP contribution in [0, 0.1) is 0 Å². The van der Waals surface area contributed by atoms with Gasteiger partial charge in [-0.05, 0) is 20.8 Å². The zero-order valence-corrected chi connectivity index (χ0v) is 10.8. The summed E-state index contributed by atoms with van der Waals surface area (Å²) >= 11 is 0. The first kappa shape index (κ1) is 15.1. The molecule has 1 amide bonds. The highest BCUT2D eigenvalue weighted by Crippen LogP contribution is 2.08. The molecule has 0 rings (SSSR count). The number of nitrogens with two attached hydrogens (primary N) is 1. The number of likely N-dealkylation sites (N-methyl/N-ethyl adjacent to an activating group) is 1. The molecule has 96 valence electrons. The van der Waals surface area contributed by atoms with Crippen LogP contribution in [-0.2, 0) is 14.9 Å². The van der Waals surface area contributed by atoms with Crippen LogP contribution in [0.4, 0.5) is 4.79 Å². The Morgan fingerprint density at radius 3 is 2.31 bits per heavy atom. The molecule has 0 spiro atoms. The van der Waals surface area contributed by atoms with Gasteiger partial charge in [-0.25, -0.2) is 14.7 Å². The Morgan fingerprint density at radius 1 is 1.44 bits per heavy atom. The molecule has 0 saturated heterocycles. The molecule has 0 aromatic heterocycles. The molecule has 0 aliphatic rings. The molecule has 0 aliphatic heterocycles. The van der Waals surface area contributed by atoms with E-state index in [1.165, 1.54) is 11.9 Å². The van der Waals surface area contributed by atoms with Crippen molar-refractivity contribution in [3.63, 3.8) is 0 Å². The molecule has 8 heteroatoms. The Labute approximate surface area is 96.1 Å². The van der Waals surface area contributed by atoms with Crippen molar-refractivity contribution < 1.29 is 17.9 Å². The lowest BCUT2D eigenvalue weighted by atomic mass is 10.2. The highest BCUT2D eigenvalue weighted by Gasteiger charge is 2.19. The average Bonchev–Trinajstić information content (AvgIpc) is 1.98. The summed E-state index contributed by atoms with van der Waals surface area (Å²) in [7, 11) is -2.20. The van der Waals surface area contributed by atoms with Gasteiger partial charge in [-0.1, -0.05) is 0 Å². The minimum Gasteiger partial charge on any atom is -0.444 e. The van der Waals surface area contributed by atoms with Gasteiger partial charge in [-0.2, -0.15) is 8.42 Å². The second kappa shape index (κ2) is 5.46. The maximum Gasteiger partial charge on any atom is 0.410 e. The molecule has 0 unspecified atom stereocenters. The van der Waals surface area contributed by atoms with E-state index in [9.17, 15) is 13.2 Å². The van der Waals surface area contributed by atoms with Crippen molar-refractivity contribution in [2.45, 2.75) is 26.4 Å². The van der Waals surface area contributed by atoms with Gasteiger partial charge in [0.15, 0.2) is 0 Å². The summed E-state index contributed by atoms with van der Waals surface area (Å²) in [6.45, 7) is 5.49. The van der Waals surface area contributed by atoms with Crippen LogP contribution in [0.3, 0.4) is 0 Å². The third kappa shape index (κ3) is 8.45. The van der Waals surface area contributed by atoms with Crippen molar-refractivity contribution in [3.8, 4) is 0 Å². The molecule has 0 saturated carbocycles. The number of carbonyl (C=O) groups excluding carboxylic acids is 1. The molecule has 0 radical (unpaired) electrons. The molecule has 0 bridgehead atoms. The fourth-order valence-corrected chi connectivity index (χ4v) is 1.16. The van der Waals surface area contributed by atoms with E-state index in [0.29, 0.717) is 0 Å². The monoisotopic (exact) mass is 253 g/mol. The van der Waals surface area contributed by atoms with Crippen LogP contribution in [0.5, 0.6) is 0 Å². The van der Waals surface area contributed by atoms with E-state index in [4.69, 9.17) is 9.88 Å². The quantitative estimate of drug-likeness (QED) is 0.714. The fourth-order valence-electron chi connectivity index (χ4n) is 0.787. The van der Waals surface area contributed by atoms with Crippen molar-refractivity contribution in [1.29, 1.82) is 0 Å². The Hall–Kier alpha value is -0.860. The molecule has 0 aliphatic carbocycles. The van der Waals surface area contributed by atoms with E-state index in [-0.39, 0.29) is 13.1 Å². The summed E-state index contributed by atoms with van der Waals surface area (Å²) < 4.78 is 28.2. The average molecular weight is 253 g/mol. The Morgan fingerprint density at radius 2 is 1.94 bits per heavy atom. The van der Waals surface area contributed by atoms with E-state index in [2.05, 4.69) is 4.72 Å². The molecule has 0 aromatic carbocycles. The predicted molar refractivity (Wildman–Crippen MR) is 60.0 cm³/mol. The third-order valence-electron chi connectivity index (χ3n) is 1.46. The van der Waals surface area contributed by atoms with E-state index in [0.717, 1.165) is 0 Å². The number of rotatable bonds is 4. The smallest absolute Gasteiger partial charge is 0.410 e. The van der Waals surface area contributed by atoms with Gasteiger partial charge in [-0.3, -0.25) is 0 Å². The third-order valence-corrected chi connectivity index (χ3v) is 2.06. The molecule has 0 atom stereocenters. The minimum atomic E-state index is -3.71. The van der Waals surface area contributed by atoms with E-state index < -0.39 is 21.9 Å². The first-order valence-corrected chi connectivity index (χ1v) is 6.27. The second-order valence-corrected chi connectivity index (χ2v) is 5.72. The summed E-state index contributed by atoms with van der Waals surface area (Å²) in [4.78, 5) is 12.7. The topological polar surface area (TPSA) is 102 Å². The van der Waals surface area contributed by atoms with Gasteiger partial charge in [-0.15, -0.1) is 0 Å². The van der Waals surface area contributed by atoms with Crippen LogP contribution in [-0.4, -0.2) is 45.1 Å². The lowest BCUT2D eigenvalue weighted by Crippen LogP contribution is -2.40. The molecule has 16 heavy (non-hydrogen) atoms.